The smallest absolute Gasteiger partial charge is 0.123 e. The van der Waals surface area contributed by atoms with E-state index in [9.17, 15) is 4.39 Å². The molecule has 1 aromatic carbocycles. The molecule has 0 aromatic heterocycles. The van der Waals surface area contributed by atoms with Gasteiger partial charge in [-0.05, 0) is 55.9 Å². The highest BCUT2D eigenvalue weighted by molar-refractivity contribution is 5.26. The fourth-order valence-corrected chi connectivity index (χ4v) is 2.01. The van der Waals surface area contributed by atoms with Crippen molar-refractivity contribution in [1.82, 2.24) is 0 Å². The van der Waals surface area contributed by atoms with Gasteiger partial charge in [0.1, 0.15) is 5.82 Å². The monoisotopic (exact) mass is 223 g/mol. The summed E-state index contributed by atoms with van der Waals surface area (Å²) in [5.41, 5.74) is 8.24. The van der Waals surface area contributed by atoms with E-state index >= 15 is 0 Å². The Balaban J connectivity index is 2.37. The fourth-order valence-electron chi connectivity index (χ4n) is 2.01. The first-order valence-electron chi connectivity index (χ1n) is 6.14. The van der Waals surface area contributed by atoms with Crippen molar-refractivity contribution in [2.75, 3.05) is 0 Å². The lowest BCUT2D eigenvalue weighted by atomic mass is 9.99. The lowest BCUT2D eigenvalue weighted by molar-refractivity contribution is 0.539. The minimum atomic E-state index is -0.149. The molecule has 0 aliphatic heterocycles. The molecule has 0 radical (unpaired) electrons. The molecule has 0 aliphatic rings. The Bertz CT molecular complexity index is 323. The summed E-state index contributed by atoms with van der Waals surface area (Å²) in [5.74, 6) is -0.149. The van der Waals surface area contributed by atoms with Crippen molar-refractivity contribution in [3.63, 3.8) is 0 Å². The van der Waals surface area contributed by atoms with Crippen LogP contribution in [0.1, 0.15) is 43.7 Å². The van der Waals surface area contributed by atoms with Gasteiger partial charge in [-0.25, -0.2) is 4.39 Å². The molecule has 0 aliphatic carbocycles. The van der Waals surface area contributed by atoms with Gasteiger partial charge in [0.2, 0.25) is 0 Å². The summed E-state index contributed by atoms with van der Waals surface area (Å²) in [7, 11) is 0. The molecule has 2 N–H and O–H groups in total. The molecule has 0 spiro atoms. The van der Waals surface area contributed by atoms with Gasteiger partial charge in [-0.15, -0.1) is 0 Å². The zero-order chi connectivity index (χ0) is 12.0. The second-order valence-corrected chi connectivity index (χ2v) is 4.51. The van der Waals surface area contributed by atoms with Crippen molar-refractivity contribution in [2.24, 2.45) is 5.73 Å². The van der Waals surface area contributed by atoms with E-state index in [1.54, 1.807) is 6.07 Å². The molecule has 1 unspecified atom stereocenters. The Morgan fingerprint density at radius 1 is 1.31 bits per heavy atom. The Morgan fingerprint density at radius 3 is 2.69 bits per heavy atom. The van der Waals surface area contributed by atoms with Crippen LogP contribution in [0.15, 0.2) is 18.2 Å². The minimum absolute atomic E-state index is 0.149. The molecular weight excluding hydrogens is 201 g/mol. The van der Waals surface area contributed by atoms with E-state index in [2.05, 4.69) is 6.92 Å². The second-order valence-electron chi connectivity index (χ2n) is 4.51. The van der Waals surface area contributed by atoms with Gasteiger partial charge < -0.3 is 5.73 Å². The van der Waals surface area contributed by atoms with E-state index in [-0.39, 0.29) is 5.82 Å². The van der Waals surface area contributed by atoms with Crippen LogP contribution in [-0.4, -0.2) is 6.04 Å². The molecule has 1 atom stereocenters. The van der Waals surface area contributed by atoms with Gasteiger partial charge in [-0.3, -0.25) is 0 Å². The van der Waals surface area contributed by atoms with Crippen LogP contribution in [-0.2, 0) is 6.42 Å². The zero-order valence-corrected chi connectivity index (χ0v) is 10.3. The van der Waals surface area contributed by atoms with Gasteiger partial charge >= 0.3 is 0 Å². The number of rotatable bonds is 6. The van der Waals surface area contributed by atoms with Crippen molar-refractivity contribution in [1.29, 1.82) is 0 Å². The third-order valence-electron chi connectivity index (χ3n) is 2.99. The summed E-state index contributed by atoms with van der Waals surface area (Å²) >= 11 is 0. The molecule has 1 rings (SSSR count). The summed E-state index contributed by atoms with van der Waals surface area (Å²) in [6, 6.07) is 5.34. The predicted octanol–water partition coefficient (Wildman–Crippen LogP) is 3.58. The highest BCUT2D eigenvalue weighted by atomic mass is 19.1. The molecule has 0 amide bonds. The van der Waals surface area contributed by atoms with E-state index in [4.69, 9.17) is 5.73 Å². The molecule has 0 saturated carbocycles. The SMILES string of the molecule is CCCC(N)CCCc1ccc(F)cc1C. The summed E-state index contributed by atoms with van der Waals surface area (Å²) < 4.78 is 12.9. The van der Waals surface area contributed by atoms with E-state index in [1.807, 2.05) is 13.0 Å². The molecule has 1 nitrogen and oxygen atoms in total. The number of aryl methyl sites for hydroxylation is 2. The fraction of sp³-hybridized carbons (Fsp3) is 0.571. The Kier molecular flexibility index (Phi) is 5.47. The van der Waals surface area contributed by atoms with Crippen LogP contribution in [0.2, 0.25) is 0 Å². The van der Waals surface area contributed by atoms with Crippen molar-refractivity contribution in [3.05, 3.63) is 35.1 Å². The lowest BCUT2D eigenvalue weighted by Gasteiger charge is -2.10. The average molecular weight is 223 g/mol. The minimum Gasteiger partial charge on any atom is -0.328 e. The van der Waals surface area contributed by atoms with Crippen LogP contribution in [0.5, 0.6) is 0 Å². The van der Waals surface area contributed by atoms with Gasteiger partial charge in [-0.1, -0.05) is 19.4 Å². The Hall–Kier alpha value is -0.890. The van der Waals surface area contributed by atoms with Crippen molar-refractivity contribution in [3.8, 4) is 0 Å². The topological polar surface area (TPSA) is 26.0 Å². The van der Waals surface area contributed by atoms with Crippen LogP contribution in [0.4, 0.5) is 4.39 Å². The molecule has 0 fully saturated rings. The number of nitrogens with two attached hydrogens (primary N) is 1. The summed E-state index contributed by atoms with van der Waals surface area (Å²) in [4.78, 5) is 0. The third kappa shape index (κ3) is 4.31. The predicted molar refractivity (Wildman–Crippen MR) is 67.0 cm³/mol. The molecule has 2 heteroatoms. The zero-order valence-electron chi connectivity index (χ0n) is 10.3. The lowest BCUT2D eigenvalue weighted by Crippen LogP contribution is -2.19. The maximum atomic E-state index is 12.9. The summed E-state index contributed by atoms with van der Waals surface area (Å²) in [5, 5.41) is 0. The van der Waals surface area contributed by atoms with E-state index in [0.29, 0.717) is 6.04 Å². The molecule has 90 valence electrons. The second kappa shape index (κ2) is 6.64. The number of hydrogen-bond donors (Lipinski definition) is 1. The molecule has 0 bridgehead atoms. The van der Waals surface area contributed by atoms with Crippen molar-refractivity contribution >= 4 is 0 Å². The maximum absolute atomic E-state index is 12.9. The largest absolute Gasteiger partial charge is 0.328 e. The van der Waals surface area contributed by atoms with Crippen LogP contribution >= 0.6 is 0 Å². The standard InChI is InChI=1S/C14H22FN/c1-3-5-14(16)7-4-6-12-8-9-13(15)10-11(12)2/h8-10,14H,3-7,16H2,1-2H3. The van der Waals surface area contributed by atoms with Crippen LogP contribution in [0.25, 0.3) is 0 Å². The van der Waals surface area contributed by atoms with Crippen molar-refractivity contribution in [2.45, 2.75) is 52.0 Å². The first kappa shape index (κ1) is 13.2. The average Bonchev–Trinajstić information content (AvgIpc) is 2.22. The normalized spacial score (nSPS) is 12.8. The van der Waals surface area contributed by atoms with E-state index < -0.39 is 0 Å². The summed E-state index contributed by atoms with van der Waals surface area (Å²) in [6.07, 6.45) is 5.40. The first-order chi connectivity index (χ1) is 7.63. The van der Waals surface area contributed by atoms with Crippen molar-refractivity contribution < 1.29 is 4.39 Å². The molecule has 16 heavy (non-hydrogen) atoms. The maximum Gasteiger partial charge on any atom is 0.123 e. The van der Waals surface area contributed by atoms with E-state index in [1.165, 1.54) is 11.6 Å². The molecule has 0 heterocycles. The summed E-state index contributed by atoms with van der Waals surface area (Å²) in [6.45, 7) is 4.12. The highest BCUT2D eigenvalue weighted by Crippen LogP contribution is 2.14. The van der Waals surface area contributed by atoms with Crippen LogP contribution in [0.3, 0.4) is 0 Å². The molecule has 0 saturated heterocycles. The third-order valence-corrected chi connectivity index (χ3v) is 2.99. The van der Waals surface area contributed by atoms with Crippen LogP contribution < -0.4 is 5.73 Å². The highest BCUT2D eigenvalue weighted by Gasteiger charge is 2.03. The van der Waals surface area contributed by atoms with E-state index in [0.717, 1.165) is 37.7 Å². The number of benzene rings is 1. The van der Waals surface area contributed by atoms with Crippen LogP contribution in [0, 0.1) is 12.7 Å². The molecule has 1 aromatic rings. The van der Waals surface area contributed by atoms with Gasteiger partial charge in [0.15, 0.2) is 0 Å². The molecular formula is C14H22FN. The quantitative estimate of drug-likeness (QED) is 0.783. The van der Waals surface area contributed by atoms with Gasteiger partial charge in [0.05, 0.1) is 0 Å². The number of hydrogen-bond acceptors (Lipinski definition) is 1. The first-order valence-corrected chi connectivity index (χ1v) is 6.14. The Labute approximate surface area is 97.9 Å². The van der Waals surface area contributed by atoms with Gasteiger partial charge in [0.25, 0.3) is 0 Å². The van der Waals surface area contributed by atoms with Gasteiger partial charge in [0, 0.05) is 6.04 Å². The number of halogens is 1. The van der Waals surface area contributed by atoms with Gasteiger partial charge in [-0.2, -0.15) is 0 Å². The Morgan fingerprint density at radius 2 is 2.06 bits per heavy atom.